The lowest BCUT2D eigenvalue weighted by Gasteiger charge is -1.89. The molecule has 0 radical (unpaired) electrons. The van der Waals surface area contributed by atoms with Crippen LogP contribution in [0.1, 0.15) is 0 Å². The molecule has 1 aromatic heterocycles. The monoisotopic (exact) mass is 195 g/mol. The Kier molecular flexibility index (Phi) is 2.02. The van der Waals surface area contributed by atoms with E-state index in [4.69, 9.17) is 0 Å². The minimum Gasteiger partial charge on any atom is -0.232 e. The minimum absolute atomic E-state index is 0.0702. The molecule has 6 heteroatoms. The molecule has 1 rings (SSSR count). The van der Waals surface area contributed by atoms with E-state index < -0.39 is 9.84 Å². The fourth-order valence-corrected chi connectivity index (χ4v) is 2.82. The summed E-state index contributed by atoms with van der Waals surface area (Å²) in [5, 5.41) is 0.0702. The SMILES string of the molecule is CS(=O)(=O)c1ncsc1S. The highest BCUT2D eigenvalue weighted by Gasteiger charge is 2.13. The van der Waals surface area contributed by atoms with Gasteiger partial charge in [0.15, 0.2) is 14.9 Å². The van der Waals surface area contributed by atoms with Crippen molar-refractivity contribution in [2.24, 2.45) is 0 Å². The standard InChI is InChI=1S/C4H5NO2S3/c1-10(6,7)3-4(8)9-2-5-3/h2,8H,1H3. The van der Waals surface area contributed by atoms with Gasteiger partial charge in [-0.1, -0.05) is 0 Å². The Labute approximate surface area is 68.4 Å². The van der Waals surface area contributed by atoms with Crippen LogP contribution in [0.5, 0.6) is 0 Å². The van der Waals surface area contributed by atoms with Crippen molar-refractivity contribution in [3.05, 3.63) is 5.51 Å². The zero-order valence-corrected chi connectivity index (χ0v) is 7.63. The fraction of sp³-hybridized carbons (Fsp3) is 0.250. The predicted molar refractivity (Wildman–Crippen MR) is 42.5 cm³/mol. The highest BCUT2D eigenvalue weighted by atomic mass is 32.2. The molecule has 0 unspecified atom stereocenters. The number of hydrogen-bond acceptors (Lipinski definition) is 5. The zero-order valence-electron chi connectivity index (χ0n) is 5.10. The number of thiazole rings is 1. The van der Waals surface area contributed by atoms with Crippen LogP contribution < -0.4 is 0 Å². The Balaban J connectivity index is 3.32. The molecule has 0 aliphatic carbocycles. The summed E-state index contributed by atoms with van der Waals surface area (Å²) in [6.45, 7) is 0. The van der Waals surface area contributed by atoms with Gasteiger partial charge in [0.2, 0.25) is 0 Å². The molecule has 1 heterocycles. The fourth-order valence-electron chi connectivity index (χ4n) is 0.484. The van der Waals surface area contributed by atoms with Crippen molar-refractivity contribution in [3.8, 4) is 0 Å². The Morgan fingerprint density at radius 2 is 2.30 bits per heavy atom. The molecule has 1 aromatic rings. The van der Waals surface area contributed by atoms with E-state index in [2.05, 4.69) is 17.6 Å². The van der Waals surface area contributed by atoms with Gasteiger partial charge in [0.1, 0.15) is 0 Å². The smallest absolute Gasteiger partial charge is 0.194 e. The third kappa shape index (κ3) is 1.50. The molecule has 0 amide bonds. The lowest BCUT2D eigenvalue weighted by Crippen LogP contribution is -1.97. The molecule has 0 N–H and O–H groups in total. The maximum absolute atomic E-state index is 10.8. The molecule has 0 spiro atoms. The van der Waals surface area contributed by atoms with E-state index in [0.717, 1.165) is 6.26 Å². The summed E-state index contributed by atoms with van der Waals surface area (Å²) in [5.74, 6) is 0. The zero-order chi connectivity index (χ0) is 7.78. The first-order valence-corrected chi connectivity index (χ1v) is 5.56. The molecule has 3 nitrogen and oxygen atoms in total. The van der Waals surface area contributed by atoms with Crippen molar-refractivity contribution in [3.63, 3.8) is 0 Å². The first kappa shape index (κ1) is 8.03. The predicted octanol–water partition coefficient (Wildman–Crippen LogP) is 0.835. The summed E-state index contributed by atoms with van der Waals surface area (Å²) in [6.07, 6.45) is 1.11. The van der Waals surface area contributed by atoms with Crippen LogP contribution in [0, 0.1) is 0 Å². The van der Waals surface area contributed by atoms with Gasteiger partial charge in [-0.3, -0.25) is 0 Å². The van der Waals surface area contributed by atoms with Gasteiger partial charge in [0, 0.05) is 6.26 Å². The molecular formula is C4H5NO2S3. The molecule has 56 valence electrons. The first-order valence-electron chi connectivity index (χ1n) is 2.34. The van der Waals surface area contributed by atoms with Crippen LogP contribution in [0.15, 0.2) is 14.7 Å². The third-order valence-electron chi connectivity index (χ3n) is 0.868. The molecule has 0 bridgehead atoms. The van der Waals surface area contributed by atoms with E-state index >= 15 is 0 Å². The molecule has 0 fully saturated rings. The van der Waals surface area contributed by atoms with Crippen molar-refractivity contribution in [1.82, 2.24) is 4.98 Å². The van der Waals surface area contributed by atoms with E-state index in [0.29, 0.717) is 4.21 Å². The maximum Gasteiger partial charge on any atom is 0.194 e. The van der Waals surface area contributed by atoms with Crippen molar-refractivity contribution in [1.29, 1.82) is 0 Å². The number of rotatable bonds is 1. The molecule has 0 aromatic carbocycles. The van der Waals surface area contributed by atoms with Gasteiger partial charge in [0.25, 0.3) is 0 Å². The maximum atomic E-state index is 10.8. The van der Waals surface area contributed by atoms with Gasteiger partial charge in [-0.05, 0) is 0 Å². The summed E-state index contributed by atoms with van der Waals surface area (Å²) in [7, 11) is -3.17. The highest BCUT2D eigenvalue weighted by Crippen LogP contribution is 2.21. The van der Waals surface area contributed by atoms with E-state index in [9.17, 15) is 8.42 Å². The number of sulfone groups is 1. The summed E-state index contributed by atoms with van der Waals surface area (Å²) in [5.41, 5.74) is 1.46. The summed E-state index contributed by atoms with van der Waals surface area (Å²) in [4.78, 5) is 3.64. The molecule has 0 saturated carbocycles. The minimum atomic E-state index is -3.17. The van der Waals surface area contributed by atoms with Crippen LogP contribution in [0.3, 0.4) is 0 Å². The Morgan fingerprint density at radius 3 is 2.50 bits per heavy atom. The molecule has 0 saturated heterocycles. The number of hydrogen-bond donors (Lipinski definition) is 1. The average Bonchev–Trinajstić information content (AvgIpc) is 2.11. The van der Waals surface area contributed by atoms with Gasteiger partial charge < -0.3 is 0 Å². The third-order valence-corrected chi connectivity index (χ3v) is 3.32. The number of aromatic nitrogens is 1. The highest BCUT2D eigenvalue weighted by molar-refractivity contribution is 7.92. The lowest BCUT2D eigenvalue weighted by atomic mass is 11.0. The first-order chi connectivity index (χ1) is 4.52. The lowest BCUT2D eigenvalue weighted by molar-refractivity contribution is 0.597. The van der Waals surface area contributed by atoms with Gasteiger partial charge >= 0.3 is 0 Å². The molecule has 0 atom stereocenters. The van der Waals surface area contributed by atoms with Crippen molar-refractivity contribution < 1.29 is 8.42 Å². The quantitative estimate of drug-likeness (QED) is 0.675. The van der Waals surface area contributed by atoms with Crippen LogP contribution in [0.4, 0.5) is 0 Å². The van der Waals surface area contributed by atoms with Crippen LogP contribution in [0.25, 0.3) is 0 Å². The summed E-state index contributed by atoms with van der Waals surface area (Å²) in [6, 6.07) is 0. The second-order valence-corrected chi connectivity index (χ2v) is 5.27. The molecule has 0 aliphatic rings. The van der Waals surface area contributed by atoms with Gasteiger partial charge in [-0.2, -0.15) is 0 Å². The van der Waals surface area contributed by atoms with Crippen LogP contribution in [-0.2, 0) is 9.84 Å². The average molecular weight is 195 g/mol. The Morgan fingerprint density at radius 1 is 1.70 bits per heavy atom. The van der Waals surface area contributed by atoms with Gasteiger partial charge in [0.05, 0.1) is 9.72 Å². The van der Waals surface area contributed by atoms with E-state index in [1.54, 1.807) is 0 Å². The van der Waals surface area contributed by atoms with Crippen molar-refractivity contribution in [2.45, 2.75) is 9.24 Å². The van der Waals surface area contributed by atoms with Gasteiger partial charge in [-0.15, -0.1) is 24.0 Å². The van der Waals surface area contributed by atoms with E-state index in [1.807, 2.05) is 0 Å². The Bertz CT molecular complexity index is 326. The largest absolute Gasteiger partial charge is 0.232 e. The Hall–Kier alpha value is -0.0700. The molecule has 0 aliphatic heterocycles. The molecular weight excluding hydrogens is 190 g/mol. The van der Waals surface area contributed by atoms with Crippen molar-refractivity contribution in [2.75, 3.05) is 6.26 Å². The van der Waals surface area contributed by atoms with E-state index in [-0.39, 0.29) is 5.03 Å². The number of nitrogens with zero attached hydrogens (tertiary/aromatic N) is 1. The van der Waals surface area contributed by atoms with Gasteiger partial charge in [-0.25, -0.2) is 13.4 Å². The van der Waals surface area contributed by atoms with Crippen LogP contribution >= 0.6 is 24.0 Å². The molecule has 10 heavy (non-hydrogen) atoms. The topological polar surface area (TPSA) is 47.0 Å². The summed E-state index contributed by atoms with van der Waals surface area (Å²) < 4.78 is 22.1. The second kappa shape index (κ2) is 2.52. The van der Waals surface area contributed by atoms with Crippen LogP contribution in [-0.4, -0.2) is 19.7 Å². The second-order valence-electron chi connectivity index (χ2n) is 1.73. The normalized spacial score (nSPS) is 11.8. The number of thiol groups is 1. The van der Waals surface area contributed by atoms with Crippen molar-refractivity contribution >= 4 is 33.8 Å². The summed E-state index contributed by atoms with van der Waals surface area (Å²) >= 11 is 5.12. The van der Waals surface area contributed by atoms with Crippen LogP contribution in [0.2, 0.25) is 0 Å². The van der Waals surface area contributed by atoms with E-state index in [1.165, 1.54) is 16.8 Å².